The van der Waals surface area contributed by atoms with Crippen molar-refractivity contribution in [3.05, 3.63) is 82.7 Å². The lowest BCUT2D eigenvalue weighted by Crippen LogP contribution is -2.33. The Morgan fingerprint density at radius 1 is 0.783 bits per heavy atom. The fourth-order valence-electron chi connectivity index (χ4n) is 9.03. The molecule has 2 aliphatic carbocycles. The second-order valence-corrected chi connectivity index (χ2v) is 15.8. The Balaban J connectivity index is 1.50. The fourth-order valence-corrected chi connectivity index (χ4v) is 9.15. The van der Waals surface area contributed by atoms with Crippen LogP contribution in [0.5, 0.6) is 0 Å². The minimum absolute atomic E-state index is 0.0923. The van der Waals surface area contributed by atoms with E-state index in [0.29, 0.717) is 47.3 Å². The van der Waals surface area contributed by atoms with Crippen LogP contribution in [0.3, 0.4) is 0 Å². The van der Waals surface area contributed by atoms with Gasteiger partial charge in [0.25, 0.3) is 0 Å². The van der Waals surface area contributed by atoms with E-state index in [9.17, 15) is 0 Å². The molecule has 7 heteroatoms. The van der Waals surface area contributed by atoms with Crippen molar-refractivity contribution in [3.63, 3.8) is 0 Å². The highest BCUT2D eigenvalue weighted by Gasteiger charge is 2.43. The minimum Gasteiger partial charge on any atom is -0.285 e. The summed E-state index contributed by atoms with van der Waals surface area (Å²) >= 11 is 6.44. The number of rotatable bonds is 6. The van der Waals surface area contributed by atoms with Gasteiger partial charge in [-0.3, -0.25) is 14.7 Å². The zero-order valence-corrected chi connectivity index (χ0v) is 29.0. The van der Waals surface area contributed by atoms with Crippen molar-refractivity contribution < 1.29 is 0 Å². The monoisotopic (exact) mass is 636 g/mol. The molecule has 3 heterocycles. The van der Waals surface area contributed by atoms with Gasteiger partial charge in [0, 0.05) is 33.8 Å². The van der Waals surface area contributed by atoms with Crippen molar-refractivity contribution in [2.75, 3.05) is 0 Å². The fraction of sp³-hybridized carbons (Fsp3) is 0.538. The summed E-state index contributed by atoms with van der Waals surface area (Å²) < 4.78 is 2.47. The molecule has 4 aromatic rings. The number of hydrogen-bond acceptors (Lipinski definition) is 4. The molecule has 0 amide bonds. The number of aliphatic imine (C=N–C) groups is 1. The molecule has 46 heavy (non-hydrogen) atoms. The first kappa shape index (κ1) is 31.4. The van der Waals surface area contributed by atoms with E-state index in [4.69, 9.17) is 26.8 Å². The van der Waals surface area contributed by atoms with Crippen LogP contribution in [-0.4, -0.2) is 30.7 Å². The first-order valence-electron chi connectivity index (χ1n) is 17.6. The number of halogens is 1. The molecule has 242 valence electrons. The smallest absolute Gasteiger partial charge is 0.162 e. The van der Waals surface area contributed by atoms with E-state index in [-0.39, 0.29) is 6.04 Å². The molecule has 0 spiro atoms. The van der Waals surface area contributed by atoms with Gasteiger partial charge in [0.1, 0.15) is 11.9 Å². The number of aromatic amines is 1. The van der Waals surface area contributed by atoms with Crippen molar-refractivity contribution >= 4 is 17.3 Å². The van der Waals surface area contributed by atoms with Crippen LogP contribution in [0.1, 0.15) is 115 Å². The molecule has 2 fully saturated rings. The van der Waals surface area contributed by atoms with E-state index in [2.05, 4.69) is 86.6 Å². The van der Waals surface area contributed by atoms with E-state index < -0.39 is 0 Å². The molecule has 2 aromatic carbocycles. The van der Waals surface area contributed by atoms with Gasteiger partial charge in [-0.1, -0.05) is 84.2 Å². The van der Waals surface area contributed by atoms with Crippen LogP contribution in [0.15, 0.2) is 59.9 Å². The maximum Gasteiger partial charge on any atom is 0.162 e. The zero-order valence-electron chi connectivity index (χ0n) is 28.2. The van der Waals surface area contributed by atoms with Crippen molar-refractivity contribution in [1.29, 1.82) is 0 Å². The molecule has 2 saturated carbocycles. The SMILES string of the molecule is CC1CCC(C(C)C)C(c2nnc3n2-c2ccc(-c4cn[nH]c4)cc2C(c2ccc(Cl)cc2)=N[C@H]3C2CC(C)CCC2C(C)C)C1. The van der Waals surface area contributed by atoms with Crippen molar-refractivity contribution in [3.8, 4) is 16.8 Å². The molecular formula is C39H49ClN6. The average Bonchev–Trinajstić information content (AvgIpc) is 3.70. The van der Waals surface area contributed by atoms with Gasteiger partial charge in [-0.05, 0) is 96.9 Å². The summed E-state index contributed by atoms with van der Waals surface area (Å²) in [5.74, 6) is 6.52. The second kappa shape index (κ2) is 12.7. The van der Waals surface area contributed by atoms with Crippen LogP contribution in [0.2, 0.25) is 5.02 Å². The van der Waals surface area contributed by atoms with Crippen LogP contribution >= 0.6 is 11.6 Å². The number of hydrogen-bond donors (Lipinski definition) is 1. The molecule has 6 nitrogen and oxygen atoms in total. The summed E-state index contributed by atoms with van der Waals surface area (Å²) in [5.41, 5.74) is 6.50. The summed E-state index contributed by atoms with van der Waals surface area (Å²) in [5, 5.41) is 18.3. The molecule has 7 rings (SSSR count). The predicted molar refractivity (Wildman–Crippen MR) is 188 cm³/mol. The summed E-state index contributed by atoms with van der Waals surface area (Å²) in [6, 6.07) is 14.9. The largest absolute Gasteiger partial charge is 0.285 e. The van der Waals surface area contributed by atoms with E-state index in [1.807, 2.05) is 24.5 Å². The van der Waals surface area contributed by atoms with E-state index >= 15 is 0 Å². The van der Waals surface area contributed by atoms with Crippen LogP contribution in [0.25, 0.3) is 16.8 Å². The molecular weight excluding hydrogens is 588 g/mol. The molecule has 1 aliphatic heterocycles. The number of nitrogens with zero attached hydrogens (tertiary/aromatic N) is 5. The minimum atomic E-state index is -0.0923. The van der Waals surface area contributed by atoms with Crippen molar-refractivity contribution in [1.82, 2.24) is 25.0 Å². The first-order chi connectivity index (χ1) is 22.2. The van der Waals surface area contributed by atoms with Gasteiger partial charge in [-0.15, -0.1) is 10.2 Å². The third kappa shape index (κ3) is 5.76. The number of benzene rings is 2. The normalized spacial score (nSPS) is 28.1. The van der Waals surface area contributed by atoms with Gasteiger partial charge in [0.2, 0.25) is 0 Å². The molecule has 0 radical (unpaired) electrons. The van der Waals surface area contributed by atoms with Gasteiger partial charge in [0.05, 0.1) is 17.6 Å². The van der Waals surface area contributed by atoms with Gasteiger partial charge in [-0.25, -0.2) is 0 Å². The van der Waals surface area contributed by atoms with Gasteiger partial charge < -0.3 is 0 Å². The Labute approximate surface area is 279 Å². The Kier molecular flexibility index (Phi) is 8.69. The molecule has 3 aliphatic rings. The highest BCUT2D eigenvalue weighted by Crippen LogP contribution is 2.50. The molecule has 7 atom stereocenters. The number of aromatic nitrogens is 5. The van der Waals surface area contributed by atoms with E-state index in [1.54, 1.807) is 0 Å². The first-order valence-corrected chi connectivity index (χ1v) is 18.0. The molecule has 0 saturated heterocycles. The maximum absolute atomic E-state index is 6.44. The summed E-state index contributed by atoms with van der Waals surface area (Å²) in [6.45, 7) is 14.4. The van der Waals surface area contributed by atoms with Crippen LogP contribution in [0.4, 0.5) is 0 Å². The topological polar surface area (TPSA) is 71.8 Å². The van der Waals surface area contributed by atoms with Gasteiger partial charge in [0.15, 0.2) is 5.82 Å². The second-order valence-electron chi connectivity index (χ2n) is 15.3. The third-order valence-electron chi connectivity index (χ3n) is 11.5. The number of H-pyrrole nitrogens is 1. The van der Waals surface area contributed by atoms with Crippen LogP contribution in [0, 0.1) is 41.4 Å². The Hall–Kier alpha value is -3.25. The van der Waals surface area contributed by atoms with Crippen LogP contribution < -0.4 is 0 Å². The average molecular weight is 637 g/mol. The molecule has 2 aromatic heterocycles. The standard InChI is InChI=1S/C39H49ClN6/c1-22(2)30-14-7-24(5)17-32(30)37-39-45-44-38(33-18-25(6)8-15-31(33)23(3)4)46(39)35-16-11-27(28-20-41-42-21-28)19-34(35)36(43-37)26-9-12-29(40)13-10-26/h9-13,16,19-25,30-33,37H,7-8,14-15,17-18H2,1-6H3,(H,41,42)/t24?,25?,30?,31?,32?,33?,37-/m0/s1. The lowest BCUT2D eigenvalue weighted by molar-refractivity contribution is 0.119. The molecule has 0 bridgehead atoms. The zero-order chi connectivity index (χ0) is 32.1. The van der Waals surface area contributed by atoms with Gasteiger partial charge in [-0.2, -0.15) is 5.10 Å². The lowest BCUT2D eigenvalue weighted by atomic mass is 9.67. The maximum atomic E-state index is 6.44. The van der Waals surface area contributed by atoms with Crippen molar-refractivity contribution in [2.24, 2.45) is 46.4 Å². The Morgan fingerprint density at radius 2 is 1.46 bits per heavy atom. The summed E-state index contributed by atoms with van der Waals surface area (Å²) in [4.78, 5) is 5.83. The molecule has 1 N–H and O–H groups in total. The van der Waals surface area contributed by atoms with Crippen molar-refractivity contribution in [2.45, 2.75) is 92.0 Å². The Morgan fingerprint density at radius 3 is 2.15 bits per heavy atom. The highest BCUT2D eigenvalue weighted by atomic mass is 35.5. The van der Waals surface area contributed by atoms with Crippen LogP contribution in [-0.2, 0) is 0 Å². The number of nitrogens with one attached hydrogen (secondary N) is 1. The third-order valence-corrected chi connectivity index (χ3v) is 11.8. The summed E-state index contributed by atoms with van der Waals surface area (Å²) in [7, 11) is 0. The Bertz CT molecular complexity index is 1680. The number of fused-ring (bicyclic) bond motifs is 3. The van der Waals surface area contributed by atoms with Gasteiger partial charge >= 0.3 is 0 Å². The van der Waals surface area contributed by atoms with E-state index in [0.717, 1.165) is 63.2 Å². The van der Waals surface area contributed by atoms with E-state index in [1.165, 1.54) is 25.7 Å². The lowest BCUT2D eigenvalue weighted by Gasteiger charge is -2.40. The quantitative estimate of drug-likeness (QED) is 0.229. The predicted octanol–water partition coefficient (Wildman–Crippen LogP) is 10.1. The molecule has 6 unspecified atom stereocenters. The highest BCUT2D eigenvalue weighted by molar-refractivity contribution is 6.30. The summed E-state index contributed by atoms with van der Waals surface area (Å²) in [6.07, 6.45) is 11.2.